The van der Waals surface area contributed by atoms with Crippen LogP contribution in [0.2, 0.25) is 10.0 Å². The Hall–Kier alpha value is -2.61. The lowest BCUT2D eigenvalue weighted by Crippen LogP contribution is -2.26. The molecule has 0 spiro atoms. The molecule has 9 heteroatoms. The van der Waals surface area contributed by atoms with E-state index in [-0.39, 0.29) is 11.8 Å². The van der Waals surface area contributed by atoms with Crippen LogP contribution in [0.3, 0.4) is 0 Å². The van der Waals surface area contributed by atoms with Gasteiger partial charge in [0.15, 0.2) is 5.17 Å². The van der Waals surface area contributed by atoms with E-state index in [1.54, 1.807) is 43.3 Å². The van der Waals surface area contributed by atoms with Crippen LogP contribution in [-0.2, 0) is 9.59 Å². The van der Waals surface area contributed by atoms with Crippen LogP contribution in [0, 0.1) is 5.92 Å². The third kappa shape index (κ3) is 3.94. The zero-order valence-electron chi connectivity index (χ0n) is 15.1. The van der Waals surface area contributed by atoms with Crippen molar-refractivity contribution in [1.82, 2.24) is 5.32 Å². The SMILES string of the molecule is CC1=NN(c2ccccc2)C(=O)[C@@H]1/C=C1\SC(=Nc2cccc(Cl)c2Cl)NC1=O. The molecule has 29 heavy (non-hydrogen) atoms. The molecular formula is C20H14Cl2N4O2S. The predicted molar refractivity (Wildman–Crippen MR) is 118 cm³/mol. The molecule has 2 amide bonds. The summed E-state index contributed by atoms with van der Waals surface area (Å²) in [6.45, 7) is 1.76. The average Bonchev–Trinajstić information content (AvgIpc) is 3.20. The Morgan fingerprint density at radius 2 is 1.90 bits per heavy atom. The standard InChI is InChI=1S/C20H14Cl2N4O2S/c1-11-13(19(28)26(25-11)12-6-3-2-4-7-12)10-16-18(27)24-20(29-16)23-15-9-5-8-14(21)17(15)22/h2-10,13H,1H3,(H,23,24,27)/b16-10-/t13-/m1/s1. The van der Waals surface area contributed by atoms with Crippen molar-refractivity contribution in [1.29, 1.82) is 0 Å². The molecule has 6 nitrogen and oxygen atoms in total. The monoisotopic (exact) mass is 444 g/mol. The summed E-state index contributed by atoms with van der Waals surface area (Å²) in [5.74, 6) is -1.15. The minimum atomic E-state index is -0.613. The van der Waals surface area contributed by atoms with Gasteiger partial charge >= 0.3 is 0 Å². The number of hydrogen-bond donors (Lipinski definition) is 1. The summed E-state index contributed by atoms with van der Waals surface area (Å²) in [7, 11) is 0. The van der Waals surface area contributed by atoms with Crippen LogP contribution in [0.15, 0.2) is 69.6 Å². The Kier molecular flexibility index (Phi) is 5.45. The van der Waals surface area contributed by atoms with E-state index in [2.05, 4.69) is 15.4 Å². The summed E-state index contributed by atoms with van der Waals surface area (Å²) >= 11 is 13.3. The number of hydrogen-bond acceptors (Lipinski definition) is 5. The molecule has 4 rings (SSSR count). The van der Waals surface area contributed by atoms with Crippen molar-refractivity contribution >= 4 is 69.0 Å². The second-order valence-electron chi connectivity index (χ2n) is 6.28. The number of thioether (sulfide) groups is 1. The number of aliphatic imine (C=N–C) groups is 1. The number of nitrogens with zero attached hydrogens (tertiary/aromatic N) is 3. The first-order chi connectivity index (χ1) is 13.9. The van der Waals surface area contributed by atoms with Crippen LogP contribution >= 0.6 is 35.0 Å². The maximum absolute atomic E-state index is 12.8. The number of anilines is 1. The van der Waals surface area contributed by atoms with Crippen molar-refractivity contribution in [2.24, 2.45) is 16.0 Å². The van der Waals surface area contributed by atoms with Crippen molar-refractivity contribution in [3.63, 3.8) is 0 Å². The number of amides is 2. The maximum Gasteiger partial charge on any atom is 0.263 e. The first-order valence-corrected chi connectivity index (χ1v) is 10.2. The second-order valence-corrected chi connectivity index (χ2v) is 8.10. The first-order valence-electron chi connectivity index (χ1n) is 8.62. The summed E-state index contributed by atoms with van der Waals surface area (Å²) in [4.78, 5) is 29.9. The van der Waals surface area contributed by atoms with Gasteiger partial charge in [-0.2, -0.15) is 10.1 Å². The molecule has 1 N–H and O–H groups in total. The predicted octanol–water partition coefficient (Wildman–Crippen LogP) is 4.77. The molecule has 0 aliphatic carbocycles. The van der Waals surface area contributed by atoms with Crippen LogP contribution in [0.1, 0.15) is 6.92 Å². The molecule has 0 unspecified atom stereocenters. The third-order valence-electron chi connectivity index (χ3n) is 4.31. The van der Waals surface area contributed by atoms with Gasteiger partial charge in [-0.25, -0.2) is 4.99 Å². The van der Waals surface area contributed by atoms with Crippen molar-refractivity contribution < 1.29 is 9.59 Å². The summed E-state index contributed by atoms with van der Waals surface area (Å²) in [6.07, 6.45) is 1.62. The summed E-state index contributed by atoms with van der Waals surface area (Å²) in [5, 5.41) is 9.44. The second kappa shape index (κ2) is 8.02. The van der Waals surface area contributed by atoms with Gasteiger partial charge in [0.2, 0.25) is 0 Å². The van der Waals surface area contributed by atoms with Gasteiger partial charge in [0.25, 0.3) is 11.8 Å². The number of amidine groups is 1. The highest BCUT2D eigenvalue weighted by Gasteiger charge is 2.35. The van der Waals surface area contributed by atoms with Crippen LogP contribution in [0.5, 0.6) is 0 Å². The topological polar surface area (TPSA) is 74.1 Å². The molecule has 2 heterocycles. The van der Waals surface area contributed by atoms with Gasteiger partial charge in [-0.1, -0.05) is 47.5 Å². The Bertz CT molecular complexity index is 1100. The van der Waals surface area contributed by atoms with Crippen LogP contribution in [-0.4, -0.2) is 22.7 Å². The largest absolute Gasteiger partial charge is 0.300 e. The van der Waals surface area contributed by atoms with Gasteiger partial charge in [-0.05, 0) is 49.0 Å². The smallest absolute Gasteiger partial charge is 0.263 e. The molecule has 0 bridgehead atoms. The Balaban J connectivity index is 1.57. The van der Waals surface area contributed by atoms with Crippen LogP contribution < -0.4 is 10.3 Å². The lowest BCUT2D eigenvalue weighted by atomic mass is 10.0. The van der Waals surface area contributed by atoms with Gasteiger partial charge in [0.1, 0.15) is 0 Å². The van der Waals surface area contributed by atoms with E-state index in [0.717, 1.165) is 11.8 Å². The number of nitrogens with one attached hydrogen (secondary N) is 1. The summed E-state index contributed by atoms with van der Waals surface area (Å²) < 4.78 is 0. The van der Waals surface area contributed by atoms with E-state index in [4.69, 9.17) is 23.2 Å². The Morgan fingerprint density at radius 3 is 2.66 bits per heavy atom. The maximum atomic E-state index is 12.8. The van der Waals surface area contributed by atoms with Gasteiger partial charge in [-0.15, -0.1) is 0 Å². The molecule has 0 saturated carbocycles. The van der Waals surface area contributed by atoms with Crippen LogP contribution in [0.4, 0.5) is 11.4 Å². The molecule has 2 aromatic carbocycles. The van der Waals surface area contributed by atoms with E-state index in [1.165, 1.54) is 5.01 Å². The summed E-state index contributed by atoms with van der Waals surface area (Å²) in [6, 6.07) is 14.2. The highest BCUT2D eigenvalue weighted by molar-refractivity contribution is 8.18. The molecule has 1 atom stereocenters. The number of carbonyl (C=O) groups excluding carboxylic acids is 2. The number of hydrazone groups is 1. The minimum absolute atomic E-state index is 0.210. The highest BCUT2D eigenvalue weighted by atomic mass is 35.5. The Labute approximate surface area is 181 Å². The molecule has 0 radical (unpaired) electrons. The molecule has 0 aromatic heterocycles. The fourth-order valence-corrected chi connectivity index (χ4v) is 4.04. The zero-order chi connectivity index (χ0) is 20.5. The van der Waals surface area contributed by atoms with Crippen molar-refractivity contribution in [3.05, 3.63) is 69.6 Å². The molecule has 2 aliphatic rings. The fourth-order valence-electron chi connectivity index (χ4n) is 2.86. The van der Waals surface area contributed by atoms with Gasteiger partial charge in [0, 0.05) is 0 Å². The quantitative estimate of drug-likeness (QED) is 0.692. The van der Waals surface area contributed by atoms with Crippen molar-refractivity contribution in [2.45, 2.75) is 6.92 Å². The molecular weight excluding hydrogens is 431 g/mol. The van der Waals surface area contributed by atoms with E-state index >= 15 is 0 Å². The fraction of sp³-hybridized carbons (Fsp3) is 0.100. The van der Waals surface area contributed by atoms with Crippen molar-refractivity contribution in [2.75, 3.05) is 5.01 Å². The first kappa shape index (κ1) is 19.7. The molecule has 2 aliphatic heterocycles. The lowest BCUT2D eigenvalue weighted by Gasteiger charge is -2.12. The number of halogens is 2. The lowest BCUT2D eigenvalue weighted by molar-refractivity contribution is -0.118. The average molecular weight is 445 g/mol. The molecule has 1 fully saturated rings. The number of carbonyl (C=O) groups is 2. The molecule has 146 valence electrons. The molecule has 1 saturated heterocycles. The highest BCUT2D eigenvalue weighted by Crippen LogP contribution is 2.35. The van der Waals surface area contributed by atoms with Gasteiger partial charge in [0.05, 0.1) is 38.0 Å². The minimum Gasteiger partial charge on any atom is -0.300 e. The van der Waals surface area contributed by atoms with Gasteiger partial charge < -0.3 is 5.32 Å². The summed E-state index contributed by atoms with van der Waals surface area (Å²) in [5.41, 5.74) is 1.75. The number of para-hydroxylation sites is 1. The normalized spacial score (nSPS) is 21.8. The van der Waals surface area contributed by atoms with Crippen molar-refractivity contribution in [3.8, 4) is 0 Å². The number of rotatable bonds is 3. The molecule has 2 aromatic rings. The van der Waals surface area contributed by atoms with Crippen LogP contribution in [0.25, 0.3) is 0 Å². The zero-order valence-corrected chi connectivity index (χ0v) is 17.4. The van der Waals surface area contributed by atoms with E-state index in [0.29, 0.717) is 37.2 Å². The Morgan fingerprint density at radius 1 is 1.14 bits per heavy atom. The van der Waals surface area contributed by atoms with E-state index in [1.807, 2.05) is 18.2 Å². The van der Waals surface area contributed by atoms with Gasteiger partial charge in [-0.3, -0.25) is 9.59 Å². The number of benzene rings is 2. The van der Waals surface area contributed by atoms with E-state index < -0.39 is 5.92 Å². The third-order valence-corrected chi connectivity index (χ3v) is 6.04. The van der Waals surface area contributed by atoms with E-state index in [9.17, 15) is 9.59 Å².